The SMILES string of the molecule is CC(N)C1CCCN(C(=O)CSCc2ccccn2)C1. The Labute approximate surface area is 125 Å². The number of nitrogens with zero attached hydrogens (tertiary/aromatic N) is 2. The van der Waals surface area contributed by atoms with Gasteiger partial charge in [-0.15, -0.1) is 11.8 Å². The number of piperidine rings is 1. The summed E-state index contributed by atoms with van der Waals surface area (Å²) in [5, 5.41) is 0. The van der Waals surface area contributed by atoms with Crippen LogP contribution in [0.25, 0.3) is 0 Å². The number of likely N-dealkylation sites (tertiary alicyclic amines) is 1. The van der Waals surface area contributed by atoms with Crippen LogP contribution in [0.3, 0.4) is 0 Å². The Morgan fingerprint density at radius 3 is 3.15 bits per heavy atom. The van der Waals surface area contributed by atoms with Gasteiger partial charge in [-0.25, -0.2) is 0 Å². The summed E-state index contributed by atoms with van der Waals surface area (Å²) in [5.41, 5.74) is 6.98. The number of aromatic nitrogens is 1. The van der Waals surface area contributed by atoms with Gasteiger partial charge in [-0.3, -0.25) is 9.78 Å². The first-order chi connectivity index (χ1) is 9.66. The quantitative estimate of drug-likeness (QED) is 0.901. The lowest BCUT2D eigenvalue weighted by Gasteiger charge is -2.34. The van der Waals surface area contributed by atoms with Gasteiger partial charge in [0.25, 0.3) is 0 Å². The van der Waals surface area contributed by atoms with E-state index in [1.165, 1.54) is 0 Å². The summed E-state index contributed by atoms with van der Waals surface area (Å²) < 4.78 is 0. The average Bonchev–Trinajstić information content (AvgIpc) is 2.48. The Hall–Kier alpha value is -1.07. The number of carbonyl (C=O) groups is 1. The Bertz CT molecular complexity index is 424. The van der Waals surface area contributed by atoms with Crippen molar-refractivity contribution < 1.29 is 4.79 Å². The Morgan fingerprint density at radius 2 is 2.45 bits per heavy atom. The maximum atomic E-state index is 12.2. The van der Waals surface area contributed by atoms with Crippen molar-refractivity contribution >= 4 is 17.7 Å². The summed E-state index contributed by atoms with van der Waals surface area (Å²) in [6, 6.07) is 6.04. The van der Waals surface area contributed by atoms with Gasteiger partial charge in [0.1, 0.15) is 0 Å². The standard InChI is InChI=1S/C15H23N3OS/c1-12(16)13-5-4-8-18(9-13)15(19)11-20-10-14-6-2-3-7-17-14/h2-3,6-7,12-13H,4-5,8-11,16H2,1H3. The van der Waals surface area contributed by atoms with Crippen LogP contribution in [0, 0.1) is 5.92 Å². The van der Waals surface area contributed by atoms with Gasteiger partial charge in [0, 0.05) is 31.1 Å². The van der Waals surface area contributed by atoms with E-state index in [2.05, 4.69) is 4.98 Å². The van der Waals surface area contributed by atoms with Crippen molar-refractivity contribution in [1.29, 1.82) is 0 Å². The van der Waals surface area contributed by atoms with Crippen molar-refractivity contribution in [2.45, 2.75) is 31.6 Å². The van der Waals surface area contributed by atoms with Crippen molar-refractivity contribution in [3.05, 3.63) is 30.1 Å². The zero-order valence-corrected chi connectivity index (χ0v) is 12.8. The molecule has 1 aliphatic rings. The molecule has 0 spiro atoms. The number of amides is 1. The zero-order chi connectivity index (χ0) is 14.4. The molecule has 1 aromatic rings. The lowest BCUT2D eigenvalue weighted by atomic mass is 9.92. The van der Waals surface area contributed by atoms with Gasteiger partial charge in [0.15, 0.2) is 0 Å². The minimum Gasteiger partial charge on any atom is -0.342 e. The molecule has 2 atom stereocenters. The zero-order valence-electron chi connectivity index (χ0n) is 12.0. The molecule has 0 aromatic carbocycles. The third-order valence-electron chi connectivity index (χ3n) is 3.76. The molecule has 2 heterocycles. The molecule has 1 amide bonds. The maximum absolute atomic E-state index is 12.2. The van der Waals surface area contributed by atoms with Crippen molar-refractivity contribution in [2.75, 3.05) is 18.8 Å². The highest BCUT2D eigenvalue weighted by Gasteiger charge is 2.25. The molecule has 4 nitrogen and oxygen atoms in total. The normalized spacial score (nSPS) is 20.7. The molecule has 1 aromatic heterocycles. The fourth-order valence-electron chi connectivity index (χ4n) is 2.48. The van der Waals surface area contributed by atoms with E-state index in [0.29, 0.717) is 11.7 Å². The molecule has 5 heteroatoms. The topological polar surface area (TPSA) is 59.2 Å². The second-order valence-electron chi connectivity index (χ2n) is 5.42. The number of hydrogen-bond acceptors (Lipinski definition) is 4. The van der Waals surface area contributed by atoms with Gasteiger partial charge in [-0.2, -0.15) is 0 Å². The van der Waals surface area contributed by atoms with Gasteiger partial charge >= 0.3 is 0 Å². The van der Waals surface area contributed by atoms with Gasteiger partial charge in [0.05, 0.1) is 11.4 Å². The average molecular weight is 293 g/mol. The number of thioether (sulfide) groups is 1. The molecule has 1 fully saturated rings. The van der Waals surface area contributed by atoms with E-state index >= 15 is 0 Å². The molecule has 0 saturated carbocycles. The Balaban J connectivity index is 1.74. The molecule has 0 aliphatic carbocycles. The van der Waals surface area contributed by atoms with Crippen LogP contribution < -0.4 is 5.73 Å². The fourth-order valence-corrected chi connectivity index (χ4v) is 3.32. The molecule has 110 valence electrons. The first-order valence-electron chi connectivity index (χ1n) is 7.18. The molecule has 1 saturated heterocycles. The van der Waals surface area contributed by atoms with Crippen LogP contribution in [0.4, 0.5) is 0 Å². The van der Waals surface area contributed by atoms with Gasteiger partial charge in [-0.1, -0.05) is 6.07 Å². The molecule has 2 rings (SSSR count). The van der Waals surface area contributed by atoms with Crippen molar-refractivity contribution in [2.24, 2.45) is 11.7 Å². The highest BCUT2D eigenvalue weighted by molar-refractivity contribution is 7.99. The largest absolute Gasteiger partial charge is 0.342 e. The summed E-state index contributed by atoms with van der Waals surface area (Å²) in [5.74, 6) is 2.00. The Kier molecular flexibility index (Phi) is 5.86. The summed E-state index contributed by atoms with van der Waals surface area (Å²) in [6.45, 7) is 3.74. The minimum atomic E-state index is 0.173. The molecule has 2 N–H and O–H groups in total. The monoisotopic (exact) mass is 293 g/mol. The summed E-state index contributed by atoms with van der Waals surface area (Å²) in [4.78, 5) is 18.4. The lowest BCUT2D eigenvalue weighted by molar-refractivity contribution is -0.130. The molecule has 0 bridgehead atoms. The van der Waals surface area contributed by atoms with E-state index in [4.69, 9.17) is 5.73 Å². The summed E-state index contributed by atoms with van der Waals surface area (Å²) in [6.07, 6.45) is 4.00. The third-order valence-corrected chi connectivity index (χ3v) is 4.71. The van der Waals surface area contributed by atoms with Crippen molar-refractivity contribution in [3.63, 3.8) is 0 Å². The third kappa shape index (κ3) is 4.49. The van der Waals surface area contributed by atoms with Crippen LogP contribution in [0.5, 0.6) is 0 Å². The van der Waals surface area contributed by atoms with E-state index in [-0.39, 0.29) is 11.9 Å². The van der Waals surface area contributed by atoms with Crippen LogP contribution in [0.1, 0.15) is 25.5 Å². The summed E-state index contributed by atoms with van der Waals surface area (Å²) in [7, 11) is 0. The highest BCUT2D eigenvalue weighted by atomic mass is 32.2. The first-order valence-corrected chi connectivity index (χ1v) is 8.33. The van der Waals surface area contributed by atoms with Crippen molar-refractivity contribution in [3.8, 4) is 0 Å². The Morgan fingerprint density at radius 1 is 1.60 bits per heavy atom. The number of pyridine rings is 1. The predicted octanol–water partition coefficient (Wildman–Crippen LogP) is 1.90. The smallest absolute Gasteiger partial charge is 0.232 e. The molecule has 1 aliphatic heterocycles. The minimum absolute atomic E-state index is 0.173. The molecule has 20 heavy (non-hydrogen) atoms. The van der Waals surface area contributed by atoms with E-state index < -0.39 is 0 Å². The molecular weight excluding hydrogens is 270 g/mol. The highest BCUT2D eigenvalue weighted by Crippen LogP contribution is 2.20. The van der Waals surface area contributed by atoms with Gasteiger partial charge < -0.3 is 10.6 Å². The number of hydrogen-bond donors (Lipinski definition) is 1. The van der Waals surface area contributed by atoms with E-state index in [9.17, 15) is 4.79 Å². The number of carbonyl (C=O) groups excluding carboxylic acids is 1. The van der Waals surface area contributed by atoms with E-state index in [1.807, 2.05) is 30.0 Å². The molecule has 0 radical (unpaired) electrons. The van der Waals surface area contributed by atoms with Crippen LogP contribution >= 0.6 is 11.8 Å². The van der Waals surface area contributed by atoms with Gasteiger partial charge in [0.2, 0.25) is 5.91 Å². The summed E-state index contributed by atoms with van der Waals surface area (Å²) >= 11 is 1.63. The first kappa shape index (κ1) is 15.3. The second kappa shape index (κ2) is 7.64. The number of rotatable bonds is 5. The van der Waals surface area contributed by atoms with Crippen molar-refractivity contribution in [1.82, 2.24) is 9.88 Å². The van der Waals surface area contributed by atoms with Crippen LogP contribution in [-0.2, 0) is 10.5 Å². The molecular formula is C15H23N3OS. The molecule has 2 unspecified atom stereocenters. The van der Waals surface area contributed by atoms with E-state index in [0.717, 1.165) is 37.4 Å². The lowest BCUT2D eigenvalue weighted by Crippen LogP contribution is -2.45. The predicted molar refractivity (Wildman–Crippen MR) is 83.4 cm³/mol. The van der Waals surface area contributed by atoms with Gasteiger partial charge in [-0.05, 0) is 37.8 Å². The van der Waals surface area contributed by atoms with E-state index in [1.54, 1.807) is 18.0 Å². The maximum Gasteiger partial charge on any atom is 0.232 e. The van der Waals surface area contributed by atoms with Crippen LogP contribution in [0.2, 0.25) is 0 Å². The number of nitrogens with two attached hydrogens (primary N) is 1. The van der Waals surface area contributed by atoms with Crippen LogP contribution in [-0.4, -0.2) is 40.7 Å². The van der Waals surface area contributed by atoms with Crippen LogP contribution in [0.15, 0.2) is 24.4 Å². The second-order valence-corrected chi connectivity index (χ2v) is 6.40. The fraction of sp³-hybridized carbons (Fsp3) is 0.600.